The first-order chi connectivity index (χ1) is 14.1. The summed E-state index contributed by atoms with van der Waals surface area (Å²) in [5.41, 5.74) is 0.238. The molecule has 1 aliphatic heterocycles. The standard InChI is InChI=1S/C21H32N2O6S.ClH/c1-21(2,3)29-20(24)22-11-13-23(14-12-22)30(25,26)19(10-15-28-17-27-4)16-18-8-6-5-7-9-18;/h5-9,16H,10-15,17H2,1-4H3;1H. The highest BCUT2D eigenvalue weighted by atomic mass is 35.5. The van der Waals surface area contributed by atoms with Gasteiger partial charge < -0.3 is 26.6 Å². The van der Waals surface area contributed by atoms with Gasteiger partial charge in [-0.05, 0) is 32.4 Å². The summed E-state index contributed by atoms with van der Waals surface area (Å²) in [6, 6.07) is 9.32. The molecule has 1 saturated heterocycles. The number of hydrogen-bond donors (Lipinski definition) is 1. The van der Waals surface area contributed by atoms with E-state index in [-0.39, 0.29) is 56.3 Å². The molecule has 1 amide bonds. The second-order valence-corrected chi connectivity index (χ2v) is 10.1. The van der Waals surface area contributed by atoms with Crippen molar-refractivity contribution in [2.75, 3.05) is 46.7 Å². The summed E-state index contributed by atoms with van der Waals surface area (Å²) >= 11 is 0. The number of amides is 1. The van der Waals surface area contributed by atoms with Gasteiger partial charge in [0.15, 0.2) is 0 Å². The summed E-state index contributed by atoms with van der Waals surface area (Å²) < 4.78 is 43.6. The molecule has 1 aromatic rings. The Morgan fingerprint density at radius 3 is 2.32 bits per heavy atom. The fourth-order valence-electron chi connectivity index (χ4n) is 3.04. The molecule has 31 heavy (non-hydrogen) atoms. The number of nitrogens with one attached hydrogen (secondary N) is 1. The Bertz CT molecular complexity index is 816. The molecule has 0 saturated carbocycles. The summed E-state index contributed by atoms with van der Waals surface area (Å²) in [7, 11) is -2.17. The van der Waals surface area contributed by atoms with E-state index in [9.17, 15) is 13.2 Å². The van der Waals surface area contributed by atoms with Gasteiger partial charge in [-0.15, -0.1) is 0 Å². The van der Waals surface area contributed by atoms with Crippen molar-refractivity contribution in [1.82, 2.24) is 4.31 Å². The van der Waals surface area contributed by atoms with Crippen LogP contribution in [0.2, 0.25) is 0 Å². The summed E-state index contributed by atoms with van der Waals surface area (Å²) in [5, 5.41) is 0. The minimum atomic E-state index is -3.69. The maximum absolute atomic E-state index is 13.3. The molecule has 1 aromatic carbocycles. The van der Waals surface area contributed by atoms with E-state index in [1.54, 1.807) is 6.08 Å². The molecule has 8 nitrogen and oxygen atoms in total. The molecule has 0 aliphatic carbocycles. The van der Waals surface area contributed by atoms with Crippen LogP contribution in [0.25, 0.3) is 6.08 Å². The normalized spacial score (nSPS) is 16.6. The van der Waals surface area contributed by atoms with E-state index >= 15 is 0 Å². The number of ether oxygens (including phenoxy) is 3. The van der Waals surface area contributed by atoms with E-state index in [2.05, 4.69) is 0 Å². The summed E-state index contributed by atoms with van der Waals surface area (Å²) in [6.45, 7) is 7.03. The van der Waals surface area contributed by atoms with Crippen LogP contribution >= 0.6 is 0 Å². The van der Waals surface area contributed by atoms with Crippen molar-refractivity contribution in [1.29, 1.82) is 0 Å². The van der Waals surface area contributed by atoms with E-state index in [0.717, 1.165) is 5.56 Å². The van der Waals surface area contributed by atoms with Gasteiger partial charge >= 0.3 is 6.09 Å². The number of quaternary nitrogens is 1. The van der Waals surface area contributed by atoms with Crippen LogP contribution < -0.4 is 17.3 Å². The Morgan fingerprint density at radius 2 is 1.77 bits per heavy atom. The maximum atomic E-state index is 13.3. The van der Waals surface area contributed by atoms with E-state index in [4.69, 9.17) is 14.2 Å². The average Bonchev–Trinajstić information content (AvgIpc) is 2.70. The van der Waals surface area contributed by atoms with Crippen molar-refractivity contribution in [3.8, 4) is 0 Å². The lowest BCUT2D eigenvalue weighted by atomic mass is 10.2. The number of halogens is 1. The molecule has 0 spiro atoms. The summed E-state index contributed by atoms with van der Waals surface area (Å²) in [6.07, 6.45) is 1.57. The van der Waals surface area contributed by atoms with Crippen LogP contribution in [-0.4, -0.2) is 71.1 Å². The van der Waals surface area contributed by atoms with Gasteiger partial charge in [0.2, 0.25) is 10.0 Å². The van der Waals surface area contributed by atoms with Crippen molar-refractivity contribution < 1.29 is 44.7 Å². The third kappa shape index (κ3) is 8.88. The van der Waals surface area contributed by atoms with Gasteiger partial charge in [-0.3, -0.25) is 0 Å². The van der Waals surface area contributed by atoms with Gasteiger partial charge in [0, 0.05) is 13.5 Å². The fourth-order valence-corrected chi connectivity index (χ4v) is 4.66. The van der Waals surface area contributed by atoms with Gasteiger partial charge in [0.05, 0.1) is 24.6 Å². The predicted octanol–water partition coefficient (Wildman–Crippen LogP) is -1.49. The highest BCUT2D eigenvalue weighted by Gasteiger charge is 2.36. The predicted molar refractivity (Wildman–Crippen MR) is 114 cm³/mol. The molecule has 0 bridgehead atoms. The number of nitrogens with zero attached hydrogens (tertiary/aromatic N) is 1. The minimum Gasteiger partial charge on any atom is -1.00 e. The van der Waals surface area contributed by atoms with Crippen molar-refractivity contribution in [2.45, 2.75) is 32.8 Å². The van der Waals surface area contributed by atoms with E-state index in [0.29, 0.717) is 18.0 Å². The zero-order valence-electron chi connectivity index (χ0n) is 18.6. The molecule has 1 heterocycles. The molecule has 2 rings (SSSR count). The molecule has 1 aliphatic rings. The monoisotopic (exact) mass is 476 g/mol. The number of methoxy groups -OCH3 is 1. The molecular formula is C21H33ClN2O6S. The van der Waals surface area contributed by atoms with Crippen LogP contribution in [0, 0.1) is 0 Å². The summed E-state index contributed by atoms with van der Waals surface area (Å²) in [5.74, 6) is 0. The van der Waals surface area contributed by atoms with Crippen LogP contribution in [0.5, 0.6) is 0 Å². The number of alkyl carbamates (subject to hydrolysis) is 2. The number of carbonyl (C=O) groups excluding carboxylic acids is 1. The van der Waals surface area contributed by atoms with Crippen LogP contribution in [0.1, 0.15) is 32.8 Å². The zero-order chi connectivity index (χ0) is 22.2. The number of hydrogen-bond acceptors (Lipinski definition) is 6. The topological polar surface area (TPSA) is 86.6 Å². The Balaban J connectivity index is 0.00000480. The van der Waals surface area contributed by atoms with Crippen LogP contribution in [-0.2, 0) is 24.2 Å². The number of piperazine rings is 1. The first-order valence-electron chi connectivity index (χ1n) is 10.0. The van der Waals surface area contributed by atoms with Gasteiger partial charge in [0.1, 0.15) is 25.5 Å². The number of carbonyl (C=O) groups is 1. The van der Waals surface area contributed by atoms with Crippen molar-refractivity contribution in [3.05, 3.63) is 40.8 Å². The fraction of sp³-hybridized carbons (Fsp3) is 0.571. The SMILES string of the molecule is COCOCCC(=Cc1ccccc1)S(=O)(=O)N1CC[NH+](C(=O)OC(C)(C)C)CC1.[Cl-]. The highest BCUT2D eigenvalue weighted by Crippen LogP contribution is 2.21. The molecule has 1 fully saturated rings. The molecule has 10 heteroatoms. The lowest BCUT2D eigenvalue weighted by molar-refractivity contribution is -0.829. The molecular weight excluding hydrogens is 444 g/mol. The van der Waals surface area contributed by atoms with Gasteiger partial charge in [-0.2, -0.15) is 9.10 Å². The summed E-state index contributed by atoms with van der Waals surface area (Å²) in [4.78, 5) is 13.2. The molecule has 0 unspecified atom stereocenters. The zero-order valence-corrected chi connectivity index (χ0v) is 20.2. The lowest BCUT2D eigenvalue weighted by Crippen LogP contribution is -3.17. The number of benzene rings is 1. The Hall–Kier alpha value is -1.49. The van der Waals surface area contributed by atoms with E-state index < -0.39 is 15.6 Å². The van der Waals surface area contributed by atoms with E-state index in [1.807, 2.05) is 51.1 Å². The largest absolute Gasteiger partial charge is 1.00 e. The van der Waals surface area contributed by atoms with Crippen LogP contribution in [0.3, 0.4) is 0 Å². The van der Waals surface area contributed by atoms with Crippen molar-refractivity contribution >= 4 is 22.2 Å². The molecule has 0 atom stereocenters. The Labute approximate surface area is 191 Å². The number of rotatable bonds is 8. The quantitative estimate of drug-likeness (QED) is 0.363. The molecule has 176 valence electrons. The first-order valence-corrected chi connectivity index (χ1v) is 11.5. The van der Waals surface area contributed by atoms with Gasteiger partial charge in [0.25, 0.3) is 0 Å². The van der Waals surface area contributed by atoms with Gasteiger partial charge in [-0.25, -0.2) is 13.3 Å². The van der Waals surface area contributed by atoms with Crippen molar-refractivity contribution in [2.24, 2.45) is 0 Å². The highest BCUT2D eigenvalue weighted by molar-refractivity contribution is 7.93. The lowest BCUT2D eigenvalue weighted by Gasteiger charge is -2.31. The minimum absolute atomic E-state index is 0. The number of sulfonamides is 1. The molecule has 0 aromatic heterocycles. The second-order valence-electron chi connectivity index (χ2n) is 8.10. The second kappa shape index (κ2) is 12.5. The molecule has 1 N–H and O–H groups in total. The first kappa shape index (κ1) is 27.5. The van der Waals surface area contributed by atoms with Gasteiger partial charge in [-0.1, -0.05) is 30.3 Å². The van der Waals surface area contributed by atoms with E-state index in [1.165, 1.54) is 11.4 Å². The molecule has 0 radical (unpaired) electrons. The van der Waals surface area contributed by atoms with Crippen LogP contribution in [0.4, 0.5) is 4.79 Å². The van der Waals surface area contributed by atoms with Crippen LogP contribution in [0.15, 0.2) is 35.2 Å². The maximum Gasteiger partial charge on any atom is 0.514 e. The Kier molecular flexibility index (Phi) is 11.1. The third-order valence-electron chi connectivity index (χ3n) is 4.51. The average molecular weight is 477 g/mol. The van der Waals surface area contributed by atoms with Crippen molar-refractivity contribution in [3.63, 3.8) is 0 Å². The third-order valence-corrected chi connectivity index (χ3v) is 6.54. The smallest absolute Gasteiger partial charge is 0.514 e. The Morgan fingerprint density at radius 1 is 1.16 bits per heavy atom.